The first-order valence-corrected chi connectivity index (χ1v) is 6.43. The third kappa shape index (κ3) is 3.02. The number of aryl methyl sites for hydroxylation is 1. The van der Waals surface area contributed by atoms with Crippen molar-refractivity contribution in [3.8, 4) is 0 Å². The van der Waals surface area contributed by atoms with E-state index in [-0.39, 0.29) is 6.04 Å². The summed E-state index contributed by atoms with van der Waals surface area (Å²) in [5.41, 5.74) is 9.23. The molecule has 0 saturated heterocycles. The van der Waals surface area contributed by atoms with E-state index in [1.165, 1.54) is 0 Å². The average Bonchev–Trinajstić information content (AvgIpc) is 2.32. The van der Waals surface area contributed by atoms with E-state index < -0.39 is 0 Å². The SMILES string of the molecule is Cc1ccc(C(N)Cc2ccncc2Cl)c(Cl)c1. The molecular weight excluding hydrogens is 267 g/mol. The van der Waals surface area contributed by atoms with Gasteiger partial charge in [0, 0.05) is 23.5 Å². The minimum absolute atomic E-state index is 0.169. The minimum Gasteiger partial charge on any atom is -0.324 e. The van der Waals surface area contributed by atoms with Gasteiger partial charge in [0.2, 0.25) is 0 Å². The van der Waals surface area contributed by atoms with Gasteiger partial charge in [0.05, 0.1) is 5.02 Å². The fraction of sp³-hybridized carbons (Fsp3) is 0.214. The van der Waals surface area contributed by atoms with Crippen LogP contribution in [0.1, 0.15) is 22.7 Å². The standard InChI is InChI=1S/C14H14Cl2N2/c1-9-2-3-11(12(15)6-9)14(17)7-10-4-5-18-8-13(10)16/h2-6,8,14H,7,17H2,1H3. The lowest BCUT2D eigenvalue weighted by molar-refractivity contribution is 0.721. The van der Waals surface area contributed by atoms with Crippen molar-refractivity contribution in [2.45, 2.75) is 19.4 Å². The van der Waals surface area contributed by atoms with Gasteiger partial charge in [-0.1, -0.05) is 35.3 Å². The zero-order valence-corrected chi connectivity index (χ0v) is 11.5. The van der Waals surface area contributed by atoms with Crippen LogP contribution in [0.3, 0.4) is 0 Å². The molecule has 0 aliphatic carbocycles. The molecule has 2 rings (SSSR count). The maximum Gasteiger partial charge on any atom is 0.0622 e. The molecule has 1 unspecified atom stereocenters. The zero-order chi connectivity index (χ0) is 13.1. The molecule has 1 aromatic carbocycles. The number of hydrogen-bond acceptors (Lipinski definition) is 2. The van der Waals surface area contributed by atoms with Crippen LogP contribution in [-0.4, -0.2) is 4.98 Å². The number of rotatable bonds is 3. The summed E-state index contributed by atoms with van der Waals surface area (Å²) < 4.78 is 0. The Morgan fingerprint density at radius 3 is 2.67 bits per heavy atom. The zero-order valence-electron chi connectivity index (χ0n) is 10.0. The summed E-state index contributed by atoms with van der Waals surface area (Å²) in [6.45, 7) is 2.00. The molecule has 1 heterocycles. The number of aromatic nitrogens is 1. The van der Waals surface area contributed by atoms with Crippen molar-refractivity contribution in [3.63, 3.8) is 0 Å². The summed E-state index contributed by atoms with van der Waals surface area (Å²) in [7, 11) is 0. The molecule has 0 bridgehead atoms. The lowest BCUT2D eigenvalue weighted by Gasteiger charge is -2.15. The Balaban J connectivity index is 2.22. The van der Waals surface area contributed by atoms with Crippen molar-refractivity contribution >= 4 is 23.2 Å². The first kappa shape index (κ1) is 13.3. The van der Waals surface area contributed by atoms with Crippen LogP contribution in [0.25, 0.3) is 0 Å². The number of nitrogens with zero attached hydrogens (tertiary/aromatic N) is 1. The Labute approximate surface area is 117 Å². The summed E-state index contributed by atoms with van der Waals surface area (Å²) >= 11 is 12.3. The third-order valence-electron chi connectivity index (χ3n) is 2.85. The number of nitrogens with two attached hydrogens (primary N) is 1. The largest absolute Gasteiger partial charge is 0.324 e. The Morgan fingerprint density at radius 1 is 1.22 bits per heavy atom. The first-order valence-electron chi connectivity index (χ1n) is 5.68. The number of pyridine rings is 1. The van der Waals surface area contributed by atoms with Crippen LogP contribution < -0.4 is 5.73 Å². The molecule has 4 heteroatoms. The number of halogens is 2. The average molecular weight is 281 g/mol. The van der Waals surface area contributed by atoms with E-state index in [1.807, 2.05) is 31.2 Å². The lowest BCUT2D eigenvalue weighted by Crippen LogP contribution is -2.14. The molecule has 2 nitrogen and oxygen atoms in total. The molecule has 0 radical (unpaired) electrons. The van der Waals surface area contributed by atoms with Crippen LogP contribution in [-0.2, 0) is 6.42 Å². The molecule has 1 aromatic heterocycles. The minimum atomic E-state index is -0.169. The molecule has 0 fully saturated rings. The monoisotopic (exact) mass is 280 g/mol. The highest BCUT2D eigenvalue weighted by molar-refractivity contribution is 6.31. The Morgan fingerprint density at radius 2 is 2.00 bits per heavy atom. The van der Waals surface area contributed by atoms with E-state index >= 15 is 0 Å². The summed E-state index contributed by atoms with van der Waals surface area (Å²) in [5, 5.41) is 1.34. The molecule has 1 atom stereocenters. The van der Waals surface area contributed by atoms with Crippen molar-refractivity contribution < 1.29 is 0 Å². The van der Waals surface area contributed by atoms with Gasteiger partial charge in [-0.05, 0) is 42.2 Å². The van der Waals surface area contributed by atoms with Crippen LogP contribution in [0.5, 0.6) is 0 Å². The van der Waals surface area contributed by atoms with Gasteiger partial charge in [0.25, 0.3) is 0 Å². The first-order chi connectivity index (χ1) is 8.58. The van der Waals surface area contributed by atoms with Crippen LogP contribution in [0.15, 0.2) is 36.7 Å². The molecule has 0 aliphatic rings. The lowest BCUT2D eigenvalue weighted by atomic mass is 9.99. The second-order valence-corrected chi connectivity index (χ2v) is 5.12. The van der Waals surface area contributed by atoms with Gasteiger partial charge in [0.1, 0.15) is 0 Å². The van der Waals surface area contributed by atoms with Gasteiger partial charge >= 0.3 is 0 Å². The van der Waals surface area contributed by atoms with Gasteiger partial charge in [0.15, 0.2) is 0 Å². The second-order valence-electron chi connectivity index (χ2n) is 4.30. The second kappa shape index (κ2) is 5.70. The van der Waals surface area contributed by atoms with E-state index in [4.69, 9.17) is 28.9 Å². The summed E-state index contributed by atoms with van der Waals surface area (Å²) in [6.07, 6.45) is 3.98. The molecule has 0 amide bonds. The Bertz CT molecular complexity index is 555. The van der Waals surface area contributed by atoms with E-state index in [2.05, 4.69) is 4.98 Å². The maximum atomic E-state index is 6.21. The topological polar surface area (TPSA) is 38.9 Å². The van der Waals surface area contributed by atoms with Crippen LogP contribution in [0.2, 0.25) is 10.0 Å². The fourth-order valence-electron chi connectivity index (χ4n) is 1.85. The molecule has 2 N–H and O–H groups in total. The Kier molecular flexibility index (Phi) is 4.23. The van der Waals surface area contributed by atoms with Gasteiger partial charge in [-0.15, -0.1) is 0 Å². The fourth-order valence-corrected chi connectivity index (χ4v) is 2.42. The van der Waals surface area contributed by atoms with Crippen molar-refractivity contribution in [1.82, 2.24) is 4.98 Å². The van der Waals surface area contributed by atoms with Crippen LogP contribution in [0.4, 0.5) is 0 Å². The molecule has 0 aliphatic heterocycles. The van der Waals surface area contributed by atoms with Crippen LogP contribution >= 0.6 is 23.2 Å². The third-order valence-corrected chi connectivity index (χ3v) is 3.52. The highest BCUT2D eigenvalue weighted by Crippen LogP contribution is 2.26. The molecule has 2 aromatic rings. The van der Waals surface area contributed by atoms with E-state index in [1.54, 1.807) is 12.4 Å². The van der Waals surface area contributed by atoms with Gasteiger partial charge in [-0.3, -0.25) is 4.98 Å². The van der Waals surface area contributed by atoms with Crippen molar-refractivity contribution in [2.24, 2.45) is 5.73 Å². The van der Waals surface area contributed by atoms with Crippen molar-refractivity contribution in [1.29, 1.82) is 0 Å². The van der Waals surface area contributed by atoms with E-state index in [0.717, 1.165) is 16.7 Å². The maximum absolute atomic E-state index is 6.21. The van der Waals surface area contributed by atoms with Crippen molar-refractivity contribution in [3.05, 3.63) is 63.4 Å². The predicted octanol–water partition coefficient (Wildman–Crippen LogP) is 3.94. The summed E-state index contributed by atoms with van der Waals surface area (Å²) in [5.74, 6) is 0. The Hall–Kier alpha value is -1.09. The van der Waals surface area contributed by atoms with E-state index in [9.17, 15) is 0 Å². The number of hydrogen-bond donors (Lipinski definition) is 1. The normalized spacial score (nSPS) is 12.4. The van der Waals surface area contributed by atoms with Gasteiger partial charge in [-0.25, -0.2) is 0 Å². The molecular formula is C14H14Cl2N2. The van der Waals surface area contributed by atoms with Crippen LogP contribution in [0, 0.1) is 6.92 Å². The highest BCUT2D eigenvalue weighted by Gasteiger charge is 2.12. The predicted molar refractivity (Wildman–Crippen MR) is 76.1 cm³/mol. The molecule has 0 saturated carbocycles. The smallest absolute Gasteiger partial charge is 0.0622 e. The van der Waals surface area contributed by atoms with Gasteiger partial charge < -0.3 is 5.73 Å². The molecule has 94 valence electrons. The van der Waals surface area contributed by atoms with Gasteiger partial charge in [-0.2, -0.15) is 0 Å². The molecule has 18 heavy (non-hydrogen) atoms. The van der Waals surface area contributed by atoms with Crippen molar-refractivity contribution in [2.75, 3.05) is 0 Å². The highest BCUT2D eigenvalue weighted by atomic mass is 35.5. The van der Waals surface area contributed by atoms with E-state index in [0.29, 0.717) is 16.5 Å². The molecule has 0 spiro atoms. The quantitative estimate of drug-likeness (QED) is 0.925. The summed E-state index contributed by atoms with van der Waals surface area (Å²) in [4.78, 5) is 3.96. The summed E-state index contributed by atoms with van der Waals surface area (Å²) in [6, 6.07) is 7.61. The number of benzene rings is 1.